The van der Waals surface area contributed by atoms with E-state index in [-0.39, 0.29) is 6.61 Å². The molecule has 2 atom stereocenters. The summed E-state index contributed by atoms with van der Waals surface area (Å²) in [5.41, 5.74) is 0. The van der Waals surface area contributed by atoms with Gasteiger partial charge >= 0.3 is 0 Å². The molecule has 1 heterocycles. The van der Waals surface area contributed by atoms with E-state index in [1.165, 1.54) is 24.3 Å². The summed E-state index contributed by atoms with van der Waals surface area (Å²) in [7, 11) is 0. The summed E-state index contributed by atoms with van der Waals surface area (Å²) in [5, 5.41) is 12.8. The van der Waals surface area contributed by atoms with Crippen molar-refractivity contribution >= 4 is 11.8 Å². The van der Waals surface area contributed by atoms with Crippen LogP contribution in [0.25, 0.3) is 0 Å². The second-order valence-electron chi connectivity index (χ2n) is 4.59. The minimum atomic E-state index is 0.277. The summed E-state index contributed by atoms with van der Waals surface area (Å²) in [6, 6.07) is 0.934. The van der Waals surface area contributed by atoms with Crippen molar-refractivity contribution in [1.29, 1.82) is 0 Å². The lowest BCUT2D eigenvalue weighted by atomic mass is 10.0. The Morgan fingerprint density at radius 2 is 2.29 bits per heavy atom. The SMILES string of the molecule is CC(C)C[C@H](CO)N[C@H]1CCCSC1. The van der Waals surface area contributed by atoms with Gasteiger partial charge in [0, 0.05) is 17.8 Å². The lowest BCUT2D eigenvalue weighted by Crippen LogP contribution is -2.43. The second-order valence-corrected chi connectivity index (χ2v) is 5.74. The van der Waals surface area contributed by atoms with Crippen molar-refractivity contribution in [2.75, 3.05) is 18.1 Å². The molecule has 14 heavy (non-hydrogen) atoms. The van der Waals surface area contributed by atoms with Crippen molar-refractivity contribution in [2.24, 2.45) is 5.92 Å². The molecule has 2 N–H and O–H groups in total. The molecule has 84 valence electrons. The minimum absolute atomic E-state index is 0.277. The van der Waals surface area contributed by atoms with E-state index in [0.29, 0.717) is 18.0 Å². The van der Waals surface area contributed by atoms with E-state index in [4.69, 9.17) is 0 Å². The molecule has 0 saturated carbocycles. The van der Waals surface area contributed by atoms with Crippen LogP contribution in [0.3, 0.4) is 0 Å². The van der Waals surface area contributed by atoms with Gasteiger partial charge in [0.15, 0.2) is 0 Å². The zero-order valence-electron chi connectivity index (χ0n) is 9.33. The van der Waals surface area contributed by atoms with Gasteiger partial charge in [0.25, 0.3) is 0 Å². The van der Waals surface area contributed by atoms with Gasteiger partial charge in [-0.25, -0.2) is 0 Å². The molecule has 0 bridgehead atoms. The Morgan fingerprint density at radius 1 is 1.50 bits per heavy atom. The van der Waals surface area contributed by atoms with E-state index < -0.39 is 0 Å². The fraction of sp³-hybridized carbons (Fsp3) is 1.00. The highest BCUT2D eigenvalue weighted by atomic mass is 32.2. The maximum absolute atomic E-state index is 9.24. The van der Waals surface area contributed by atoms with Crippen LogP contribution >= 0.6 is 11.8 Å². The Morgan fingerprint density at radius 3 is 2.79 bits per heavy atom. The van der Waals surface area contributed by atoms with E-state index in [1.54, 1.807) is 0 Å². The Balaban J connectivity index is 2.23. The van der Waals surface area contributed by atoms with Crippen LogP contribution in [-0.2, 0) is 0 Å². The average Bonchev–Trinajstić information content (AvgIpc) is 2.17. The van der Waals surface area contributed by atoms with Gasteiger partial charge < -0.3 is 10.4 Å². The predicted octanol–water partition coefficient (Wildman–Crippen LogP) is 1.88. The fourth-order valence-electron chi connectivity index (χ4n) is 1.97. The first-order valence-corrected chi connectivity index (χ1v) is 6.82. The topological polar surface area (TPSA) is 32.3 Å². The van der Waals surface area contributed by atoms with Crippen LogP contribution in [0.15, 0.2) is 0 Å². The van der Waals surface area contributed by atoms with Gasteiger partial charge in [-0.3, -0.25) is 0 Å². The summed E-state index contributed by atoms with van der Waals surface area (Å²) in [5.74, 6) is 3.19. The van der Waals surface area contributed by atoms with Crippen molar-refractivity contribution < 1.29 is 5.11 Å². The van der Waals surface area contributed by atoms with Gasteiger partial charge in [0.1, 0.15) is 0 Å². The van der Waals surface area contributed by atoms with Gasteiger partial charge in [-0.05, 0) is 30.9 Å². The van der Waals surface area contributed by atoms with Crippen LogP contribution in [0.4, 0.5) is 0 Å². The van der Waals surface area contributed by atoms with E-state index in [1.807, 2.05) is 11.8 Å². The molecule has 3 heteroatoms. The normalized spacial score (nSPS) is 25.3. The molecule has 0 aromatic carbocycles. The molecule has 0 radical (unpaired) electrons. The van der Waals surface area contributed by atoms with Crippen LogP contribution in [0.5, 0.6) is 0 Å². The zero-order valence-corrected chi connectivity index (χ0v) is 10.1. The largest absolute Gasteiger partial charge is 0.395 e. The third-order valence-corrected chi connectivity index (χ3v) is 3.82. The summed E-state index contributed by atoms with van der Waals surface area (Å²) in [6.07, 6.45) is 3.68. The van der Waals surface area contributed by atoms with Gasteiger partial charge in [0.05, 0.1) is 6.61 Å². The number of thioether (sulfide) groups is 1. The molecule has 1 saturated heterocycles. The van der Waals surface area contributed by atoms with Crippen molar-refractivity contribution in [3.05, 3.63) is 0 Å². The maximum atomic E-state index is 9.24. The van der Waals surface area contributed by atoms with E-state index in [0.717, 1.165) is 6.42 Å². The molecule has 0 aliphatic carbocycles. The van der Waals surface area contributed by atoms with Crippen molar-refractivity contribution in [1.82, 2.24) is 5.32 Å². The lowest BCUT2D eigenvalue weighted by Gasteiger charge is -2.28. The molecule has 1 aliphatic rings. The number of aliphatic hydroxyl groups is 1. The van der Waals surface area contributed by atoms with Crippen molar-refractivity contribution in [3.63, 3.8) is 0 Å². The standard InChI is InChI=1S/C11H23NOS/c1-9(2)6-11(7-13)12-10-4-3-5-14-8-10/h9-13H,3-8H2,1-2H3/t10-,11+/m0/s1. The molecule has 1 rings (SSSR count). The second kappa shape index (κ2) is 6.70. The summed E-state index contributed by atoms with van der Waals surface area (Å²) in [6.45, 7) is 4.69. The summed E-state index contributed by atoms with van der Waals surface area (Å²) >= 11 is 2.03. The Kier molecular flexibility index (Phi) is 5.90. The van der Waals surface area contributed by atoms with Gasteiger partial charge in [0.2, 0.25) is 0 Å². The minimum Gasteiger partial charge on any atom is -0.395 e. The average molecular weight is 217 g/mol. The third kappa shape index (κ3) is 4.67. The molecule has 1 aliphatic heterocycles. The predicted molar refractivity (Wildman–Crippen MR) is 63.8 cm³/mol. The fourth-order valence-corrected chi connectivity index (χ4v) is 3.05. The lowest BCUT2D eigenvalue weighted by molar-refractivity contribution is 0.213. The summed E-state index contributed by atoms with van der Waals surface area (Å²) < 4.78 is 0. The highest BCUT2D eigenvalue weighted by Gasteiger charge is 2.18. The van der Waals surface area contributed by atoms with Crippen LogP contribution in [0.2, 0.25) is 0 Å². The highest BCUT2D eigenvalue weighted by molar-refractivity contribution is 7.99. The van der Waals surface area contributed by atoms with Gasteiger partial charge in [-0.1, -0.05) is 13.8 Å². The van der Waals surface area contributed by atoms with E-state index in [9.17, 15) is 5.11 Å². The van der Waals surface area contributed by atoms with Crippen LogP contribution in [0.1, 0.15) is 33.1 Å². The molecular weight excluding hydrogens is 194 g/mol. The molecule has 0 amide bonds. The van der Waals surface area contributed by atoms with E-state index >= 15 is 0 Å². The molecule has 2 nitrogen and oxygen atoms in total. The maximum Gasteiger partial charge on any atom is 0.0584 e. The third-order valence-electron chi connectivity index (χ3n) is 2.61. The number of rotatable bonds is 5. The Hall–Kier alpha value is 0.270. The monoisotopic (exact) mass is 217 g/mol. The Labute approximate surface area is 91.9 Å². The van der Waals surface area contributed by atoms with E-state index in [2.05, 4.69) is 19.2 Å². The zero-order chi connectivity index (χ0) is 10.4. The molecule has 0 spiro atoms. The van der Waals surface area contributed by atoms with Crippen molar-refractivity contribution in [2.45, 2.75) is 45.2 Å². The number of hydrogen-bond donors (Lipinski definition) is 2. The number of hydrogen-bond acceptors (Lipinski definition) is 3. The quantitative estimate of drug-likeness (QED) is 0.737. The first-order valence-electron chi connectivity index (χ1n) is 5.67. The van der Waals surface area contributed by atoms with Gasteiger partial charge in [-0.15, -0.1) is 0 Å². The number of nitrogens with one attached hydrogen (secondary N) is 1. The van der Waals surface area contributed by atoms with Crippen LogP contribution in [0, 0.1) is 5.92 Å². The molecule has 0 aromatic rings. The van der Waals surface area contributed by atoms with Gasteiger partial charge in [-0.2, -0.15) is 11.8 Å². The van der Waals surface area contributed by atoms with Crippen molar-refractivity contribution in [3.8, 4) is 0 Å². The van der Waals surface area contributed by atoms with Crippen LogP contribution < -0.4 is 5.32 Å². The first-order chi connectivity index (χ1) is 6.72. The first kappa shape index (κ1) is 12.3. The smallest absolute Gasteiger partial charge is 0.0584 e. The molecule has 1 fully saturated rings. The summed E-state index contributed by atoms with van der Waals surface area (Å²) in [4.78, 5) is 0. The van der Waals surface area contributed by atoms with Crippen LogP contribution in [-0.4, -0.2) is 35.3 Å². The highest BCUT2D eigenvalue weighted by Crippen LogP contribution is 2.18. The molecular formula is C11H23NOS. The Bertz CT molecular complexity index is 146. The number of aliphatic hydroxyl groups excluding tert-OH is 1. The molecule has 0 unspecified atom stereocenters. The molecule has 0 aromatic heterocycles.